The number of hydrogen-bond donors (Lipinski definition) is 0. The van der Waals surface area contributed by atoms with Crippen molar-refractivity contribution in [3.63, 3.8) is 0 Å². The van der Waals surface area contributed by atoms with Crippen LogP contribution in [0.3, 0.4) is 0 Å². The van der Waals surface area contributed by atoms with E-state index in [0.29, 0.717) is 15.7 Å². The average Bonchev–Trinajstić information content (AvgIpc) is 2.63. The zero-order chi connectivity index (χ0) is 18.6. The first-order chi connectivity index (χ1) is 12.5. The van der Waals surface area contributed by atoms with Crippen molar-refractivity contribution in [2.45, 2.75) is 4.90 Å². The maximum absolute atomic E-state index is 12.9. The van der Waals surface area contributed by atoms with Gasteiger partial charge >= 0.3 is 0 Å². The van der Waals surface area contributed by atoms with E-state index in [1.165, 1.54) is 18.5 Å². The highest BCUT2D eigenvalue weighted by molar-refractivity contribution is 7.93. The van der Waals surface area contributed by atoms with E-state index in [1.807, 2.05) is 18.2 Å². The lowest BCUT2D eigenvalue weighted by molar-refractivity contribution is 0.100. The third kappa shape index (κ3) is 4.28. The molecule has 1 aromatic heterocycles. The quantitative estimate of drug-likeness (QED) is 0.644. The lowest BCUT2D eigenvalue weighted by atomic mass is 10.2. The van der Waals surface area contributed by atoms with Crippen LogP contribution in [0.25, 0.3) is 0 Å². The van der Waals surface area contributed by atoms with E-state index in [1.54, 1.807) is 42.5 Å². The minimum absolute atomic E-state index is 0.110. The fraction of sp³-hybridized carbons (Fsp3) is 0.0526. The van der Waals surface area contributed by atoms with Gasteiger partial charge in [-0.1, -0.05) is 29.8 Å². The first kappa shape index (κ1) is 18.1. The molecule has 1 heterocycles. The van der Waals surface area contributed by atoms with E-state index in [2.05, 4.69) is 9.35 Å². The molecule has 0 spiro atoms. The number of aromatic nitrogens is 1. The molecule has 0 aliphatic carbocycles. The van der Waals surface area contributed by atoms with Crippen LogP contribution < -0.4 is 4.74 Å². The molecule has 3 rings (SSSR count). The fourth-order valence-corrected chi connectivity index (χ4v) is 3.47. The third-order valence-electron chi connectivity index (χ3n) is 3.47. The van der Waals surface area contributed by atoms with Crippen molar-refractivity contribution in [2.24, 2.45) is 4.36 Å². The van der Waals surface area contributed by atoms with Crippen LogP contribution in [0.15, 0.2) is 82.2 Å². The Bertz CT molecular complexity index is 1040. The molecule has 5 nitrogen and oxygen atoms in total. The summed E-state index contributed by atoms with van der Waals surface area (Å²) in [7, 11) is -2.93. The van der Waals surface area contributed by atoms with Crippen molar-refractivity contribution in [3.8, 4) is 11.6 Å². The van der Waals surface area contributed by atoms with Gasteiger partial charge in [-0.25, -0.2) is 9.19 Å². The Morgan fingerprint density at radius 3 is 2.42 bits per heavy atom. The van der Waals surface area contributed by atoms with Crippen LogP contribution >= 0.6 is 11.6 Å². The van der Waals surface area contributed by atoms with Crippen molar-refractivity contribution in [2.75, 3.05) is 6.26 Å². The number of para-hydroxylation sites is 1. The van der Waals surface area contributed by atoms with Gasteiger partial charge in [0.15, 0.2) is 0 Å². The number of hydrogen-bond acceptors (Lipinski definition) is 4. The highest BCUT2D eigenvalue weighted by Gasteiger charge is 2.17. The van der Waals surface area contributed by atoms with Crippen LogP contribution in [0.2, 0.25) is 5.02 Å². The molecule has 2 aromatic carbocycles. The number of amides is 1. The summed E-state index contributed by atoms with van der Waals surface area (Å²) in [6.45, 7) is 0. The number of pyridine rings is 1. The van der Waals surface area contributed by atoms with E-state index in [9.17, 15) is 9.00 Å². The van der Waals surface area contributed by atoms with Gasteiger partial charge in [0.25, 0.3) is 5.91 Å². The largest absolute Gasteiger partial charge is 0.438 e. The molecule has 3 aromatic rings. The molecule has 1 amide bonds. The summed E-state index contributed by atoms with van der Waals surface area (Å²) >= 11 is 5.85. The molecule has 26 heavy (non-hydrogen) atoms. The molecule has 0 N–H and O–H groups in total. The molecule has 0 fully saturated rings. The number of nitrogens with zero attached hydrogens (tertiary/aromatic N) is 2. The van der Waals surface area contributed by atoms with Gasteiger partial charge in [0.1, 0.15) is 11.3 Å². The number of halogens is 1. The maximum Gasteiger partial charge on any atom is 0.290 e. The Labute approximate surface area is 156 Å². The monoisotopic (exact) mass is 386 g/mol. The zero-order valence-electron chi connectivity index (χ0n) is 13.8. The number of carbonyl (C=O) groups is 1. The van der Waals surface area contributed by atoms with Gasteiger partial charge in [-0.05, 0) is 48.5 Å². The first-order valence-electron chi connectivity index (χ1n) is 7.66. The van der Waals surface area contributed by atoms with Gasteiger partial charge in [0.2, 0.25) is 5.88 Å². The Morgan fingerprint density at radius 1 is 1.04 bits per heavy atom. The van der Waals surface area contributed by atoms with Crippen LogP contribution in [0.5, 0.6) is 11.6 Å². The van der Waals surface area contributed by atoms with Gasteiger partial charge in [-0.3, -0.25) is 4.79 Å². The molecule has 0 radical (unpaired) electrons. The zero-order valence-corrected chi connectivity index (χ0v) is 15.4. The summed E-state index contributed by atoms with van der Waals surface area (Å²) in [5.41, 5.74) is 0.139. The van der Waals surface area contributed by atoms with Gasteiger partial charge in [0.05, 0.1) is 9.73 Å². The van der Waals surface area contributed by atoms with Crippen molar-refractivity contribution in [1.29, 1.82) is 0 Å². The van der Waals surface area contributed by atoms with Crippen molar-refractivity contribution >= 4 is 27.2 Å². The molecule has 7 heteroatoms. The van der Waals surface area contributed by atoms with Gasteiger partial charge in [-0.15, -0.1) is 0 Å². The summed E-state index contributed by atoms with van der Waals surface area (Å²) in [5.74, 6) is -0.0135. The molecular formula is C19H15ClN2O3S. The van der Waals surface area contributed by atoms with E-state index < -0.39 is 15.6 Å². The van der Waals surface area contributed by atoms with E-state index in [4.69, 9.17) is 16.3 Å². The summed E-state index contributed by atoms with van der Waals surface area (Å²) in [6, 6.07) is 18.5. The SMILES string of the molecule is CS(=O)(=NC(=O)c1cccnc1Oc1ccccc1)c1ccc(Cl)cc1. The smallest absolute Gasteiger partial charge is 0.290 e. The van der Waals surface area contributed by atoms with Crippen LogP contribution in [0, 0.1) is 0 Å². The Kier molecular flexibility index (Phi) is 5.35. The maximum atomic E-state index is 12.9. The molecule has 0 bridgehead atoms. The average molecular weight is 387 g/mol. The van der Waals surface area contributed by atoms with E-state index in [0.717, 1.165) is 0 Å². The van der Waals surface area contributed by atoms with Crippen molar-refractivity contribution < 1.29 is 13.7 Å². The second-order valence-electron chi connectivity index (χ2n) is 5.42. The molecule has 0 saturated carbocycles. The van der Waals surface area contributed by atoms with Gasteiger partial charge in [-0.2, -0.15) is 4.36 Å². The molecular weight excluding hydrogens is 372 g/mol. The minimum atomic E-state index is -2.93. The topological polar surface area (TPSA) is 68.6 Å². The van der Waals surface area contributed by atoms with Crippen LogP contribution in [-0.4, -0.2) is 21.4 Å². The van der Waals surface area contributed by atoms with Crippen LogP contribution in [-0.2, 0) is 9.73 Å². The fourth-order valence-electron chi connectivity index (χ4n) is 2.18. The lowest BCUT2D eigenvalue weighted by Gasteiger charge is -2.08. The second kappa shape index (κ2) is 7.68. The Balaban J connectivity index is 1.95. The number of carbonyl (C=O) groups excluding carboxylic acids is 1. The summed E-state index contributed by atoms with van der Waals surface area (Å²) in [5, 5.41) is 0.515. The normalized spacial score (nSPS) is 12.8. The van der Waals surface area contributed by atoms with Crippen molar-refractivity contribution in [1.82, 2.24) is 4.98 Å². The molecule has 0 saturated heterocycles. The molecule has 0 aliphatic heterocycles. The summed E-state index contributed by atoms with van der Waals surface area (Å²) in [6.07, 6.45) is 2.92. The number of benzene rings is 2. The number of ether oxygens (including phenoxy) is 1. The Hall–Kier alpha value is -2.70. The molecule has 0 aliphatic rings. The third-order valence-corrected chi connectivity index (χ3v) is 5.38. The molecule has 132 valence electrons. The second-order valence-corrected chi connectivity index (χ2v) is 8.12. The standard InChI is InChI=1S/C19H15ClN2O3S/c1-26(24,16-11-9-14(20)10-12-16)22-18(23)17-8-5-13-21-19(17)25-15-6-3-2-4-7-15/h2-13H,1H3. The van der Waals surface area contributed by atoms with Gasteiger partial charge in [0, 0.05) is 22.4 Å². The highest BCUT2D eigenvalue weighted by atomic mass is 35.5. The summed E-state index contributed by atoms with van der Waals surface area (Å²) < 4.78 is 22.4. The molecule has 1 atom stereocenters. The van der Waals surface area contributed by atoms with E-state index >= 15 is 0 Å². The lowest BCUT2D eigenvalue weighted by Crippen LogP contribution is -2.06. The minimum Gasteiger partial charge on any atom is -0.438 e. The summed E-state index contributed by atoms with van der Waals surface area (Å²) in [4.78, 5) is 17.1. The molecule has 1 unspecified atom stereocenters. The van der Waals surface area contributed by atoms with Crippen LogP contribution in [0.1, 0.15) is 10.4 Å². The van der Waals surface area contributed by atoms with E-state index in [-0.39, 0.29) is 11.4 Å². The number of rotatable bonds is 4. The van der Waals surface area contributed by atoms with Crippen molar-refractivity contribution in [3.05, 3.63) is 83.5 Å². The highest BCUT2D eigenvalue weighted by Crippen LogP contribution is 2.24. The predicted molar refractivity (Wildman–Crippen MR) is 101 cm³/mol. The predicted octanol–water partition coefficient (Wildman–Crippen LogP) is 4.82. The van der Waals surface area contributed by atoms with Gasteiger partial charge < -0.3 is 4.74 Å². The van der Waals surface area contributed by atoms with Crippen LogP contribution in [0.4, 0.5) is 0 Å². The first-order valence-corrected chi connectivity index (χ1v) is 9.96. The Morgan fingerprint density at radius 2 is 1.73 bits per heavy atom.